The summed E-state index contributed by atoms with van der Waals surface area (Å²) in [5, 5.41) is 3.15. The highest BCUT2D eigenvalue weighted by atomic mass is 19.1. The molecule has 1 aromatic rings. The van der Waals surface area contributed by atoms with E-state index in [1.807, 2.05) is 16.7 Å². The van der Waals surface area contributed by atoms with Gasteiger partial charge in [-0.1, -0.05) is 38.3 Å². The molecule has 1 unspecified atom stereocenters. The molecule has 1 atom stereocenters. The largest absolute Gasteiger partial charge is 0.339 e. The van der Waals surface area contributed by atoms with Gasteiger partial charge in [-0.2, -0.15) is 0 Å². The molecule has 6 heteroatoms. The van der Waals surface area contributed by atoms with E-state index in [0.29, 0.717) is 38.6 Å². The van der Waals surface area contributed by atoms with Crippen LogP contribution in [0.1, 0.15) is 44.6 Å². The van der Waals surface area contributed by atoms with Gasteiger partial charge in [0.2, 0.25) is 5.91 Å². The summed E-state index contributed by atoms with van der Waals surface area (Å²) in [7, 11) is 0. The third kappa shape index (κ3) is 5.44. The van der Waals surface area contributed by atoms with Crippen molar-refractivity contribution in [2.24, 2.45) is 5.92 Å². The molecule has 148 valence electrons. The number of amides is 3. The summed E-state index contributed by atoms with van der Waals surface area (Å²) in [5.41, 5.74) is 0.961. The van der Waals surface area contributed by atoms with E-state index in [2.05, 4.69) is 5.32 Å². The SMILES string of the molecule is CC(Cc1ccc(F)cc1)C(=O)N1CCN(C(=O)NC2CCCCC2)CC1. The lowest BCUT2D eigenvalue weighted by Gasteiger charge is -2.37. The number of rotatable bonds is 4. The van der Waals surface area contributed by atoms with E-state index in [0.717, 1.165) is 18.4 Å². The molecule has 2 aliphatic rings. The molecule has 1 saturated carbocycles. The molecular weight excluding hydrogens is 345 g/mol. The van der Waals surface area contributed by atoms with Crippen LogP contribution in [0.5, 0.6) is 0 Å². The van der Waals surface area contributed by atoms with Crippen LogP contribution in [0, 0.1) is 11.7 Å². The van der Waals surface area contributed by atoms with Gasteiger partial charge in [-0.25, -0.2) is 9.18 Å². The van der Waals surface area contributed by atoms with Crippen molar-refractivity contribution in [3.63, 3.8) is 0 Å². The van der Waals surface area contributed by atoms with Crippen molar-refractivity contribution in [1.29, 1.82) is 0 Å². The minimum absolute atomic E-state index is 0.00774. The number of hydrogen-bond donors (Lipinski definition) is 1. The number of carbonyl (C=O) groups is 2. The molecule has 1 aliphatic heterocycles. The highest BCUT2D eigenvalue weighted by Gasteiger charge is 2.28. The fourth-order valence-corrected chi connectivity index (χ4v) is 4.02. The summed E-state index contributed by atoms with van der Waals surface area (Å²) in [4.78, 5) is 28.8. The van der Waals surface area contributed by atoms with Crippen molar-refractivity contribution in [3.8, 4) is 0 Å². The Morgan fingerprint density at radius 1 is 1.04 bits per heavy atom. The lowest BCUT2D eigenvalue weighted by Crippen LogP contribution is -2.55. The molecule has 1 aliphatic carbocycles. The van der Waals surface area contributed by atoms with Gasteiger partial charge in [-0.3, -0.25) is 4.79 Å². The fourth-order valence-electron chi connectivity index (χ4n) is 4.02. The molecular formula is C21H30FN3O2. The predicted molar refractivity (Wildman–Crippen MR) is 103 cm³/mol. The Bertz CT molecular complexity index is 635. The van der Waals surface area contributed by atoms with Crippen LogP contribution in [0.2, 0.25) is 0 Å². The van der Waals surface area contributed by atoms with Crippen LogP contribution in [0.4, 0.5) is 9.18 Å². The first-order chi connectivity index (χ1) is 13.0. The van der Waals surface area contributed by atoms with Crippen LogP contribution < -0.4 is 5.32 Å². The Hall–Kier alpha value is -2.11. The lowest BCUT2D eigenvalue weighted by atomic mass is 9.96. The average molecular weight is 375 g/mol. The number of benzene rings is 1. The minimum Gasteiger partial charge on any atom is -0.339 e. The Morgan fingerprint density at radius 3 is 2.26 bits per heavy atom. The van der Waals surface area contributed by atoms with E-state index < -0.39 is 0 Å². The van der Waals surface area contributed by atoms with Gasteiger partial charge in [0.25, 0.3) is 0 Å². The number of halogens is 1. The standard InChI is InChI=1S/C21H30FN3O2/c1-16(15-17-7-9-18(22)10-8-17)20(26)24-11-13-25(14-12-24)21(27)23-19-5-3-2-4-6-19/h7-10,16,19H,2-6,11-15H2,1H3,(H,23,27). The topological polar surface area (TPSA) is 52.7 Å². The molecule has 1 heterocycles. The molecule has 0 aromatic heterocycles. The van der Waals surface area contributed by atoms with E-state index in [1.54, 1.807) is 12.1 Å². The molecule has 5 nitrogen and oxygen atoms in total. The Labute approximate surface area is 160 Å². The van der Waals surface area contributed by atoms with Crippen LogP contribution in [0.3, 0.4) is 0 Å². The van der Waals surface area contributed by atoms with Crippen molar-refractivity contribution in [3.05, 3.63) is 35.6 Å². The zero-order valence-electron chi connectivity index (χ0n) is 16.1. The number of hydrogen-bond acceptors (Lipinski definition) is 2. The van der Waals surface area contributed by atoms with Crippen molar-refractivity contribution < 1.29 is 14.0 Å². The van der Waals surface area contributed by atoms with E-state index >= 15 is 0 Å². The molecule has 1 saturated heterocycles. The van der Waals surface area contributed by atoms with Crippen LogP contribution in [-0.2, 0) is 11.2 Å². The summed E-state index contributed by atoms with van der Waals surface area (Å²) in [6.07, 6.45) is 6.40. The number of nitrogens with one attached hydrogen (secondary N) is 1. The van der Waals surface area contributed by atoms with E-state index in [1.165, 1.54) is 31.4 Å². The number of piperazine rings is 1. The maximum absolute atomic E-state index is 13.0. The minimum atomic E-state index is -0.264. The summed E-state index contributed by atoms with van der Waals surface area (Å²) < 4.78 is 13.0. The van der Waals surface area contributed by atoms with Crippen LogP contribution >= 0.6 is 0 Å². The second kappa shape index (κ2) is 9.20. The molecule has 1 N–H and O–H groups in total. The summed E-state index contributed by atoms with van der Waals surface area (Å²) in [5.74, 6) is -0.315. The third-order valence-corrected chi connectivity index (χ3v) is 5.69. The Morgan fingerprint density at radius 2 is 1.63 bits per heavy atom. The van der Waals surface area contributed by atoms with Crippen molar-refractivity contribution >= 4 is 11.9 Å². The van der Waals surface area contributed by atoms with Crippen molar-refractivity contribution in [2.75, 3.05) is 26.2 Å². The van der Waals surface area contributed by atoms with Gasteiger partial charge >= 0.3 is 6.03 Å². The number of nitrogens with zero attached hydrogens (tertiary/aromatic N) is 2. The van der Waals surface area contributed by atoms with Gasteiger partial charge < -0.3 is 15.1 Å². The molecule has 0 bridgehead atoms. The van der Waals surface area contributed by atoms with Crippen molar-refractivity contribution in [2.45, 2.75) is 51.5 Å². The lowest BCUT2D eigenvalue weighted by molar-refractivity contribution is -0.136. The molecule has 2 fully saturated rings. The second-order valence-electron chi connectivity index (χ2n) is 7.83. The van der Waals surface area contributed by atoms with Gasteiger partial charge in [0, 0.05) is 38.1 Å². The predicted octanol–water partition coefficient (Wildman–Crippen LogP) is 3.19. The van der Waals surface area contributed by atoms with Crippen LogP contribution in [0.25, 0.3) is 0 Å². The monoisotopic (exact) mass is 375 g/mol. The molecule has 0 spiro atoms. The third-order valence-electron chi connectivity index (χ3n) is 5.69. The Kier molecular flexibility index (Phi) is 6.69. The first kappa shape index (κ1) is 19.6. The van der Waals surface area contributed by atoms with Crippen molar-refractivity contribution in [1.82, 2.24) is 15.1 Å². The first-order valence-electron chi connectivity index (χ1n) is 10.1. The summed E-state index contributed by atoms with van der Waals surface area (Å²) >= 11 is 0. The highest BCUT2D eigenvalue weighted by Crippen LogP contribution is 2.18. The molecule has 3 amide bonds. The first-order valence-corrected chi connectivity index (χ1v) is 10.1. The Balaban J connectivity index is 1.44. The number of urea groups is 1. The number of carbonyl (C=O) groups excluding carboxylic acids is 2. The molecule has 0 radical (unpaired) electrons. The summed E-state index contributed by atoms with van der Waals surface area (Å²) in [6, 6.07) is 6.63. The maximum Gasteiger partial charge on any atom is 0.317 e. The normalized spacial score (nSPS) is 19.6. The van der Waals surface area contributed by atoms with Gasteiger partial charge in [0.1, 0.15) is 5.82 Å². The van der Waals surface area contributed by atoms with Crippen LogP contribution in [0.15, 0.2) is 24.3 Å². The van der Waals surface area contributed by atoms with E-state index in [4.69, 9.17) is 0 Å². The second-order valence-corrected chi connectivity index (χ2v) is 7.83. The van der Waals surface area contributed by atoms with Crippen LogP contribution in [-0.4, -0.2) is 54.0 Å². The van der Waals surface area contributed by atoms with E-state index in [-0.39, 0.29) is 23.7 Å². The molecule has 1 aromatic carbocycles. The average Bonchev–Trinajstić information content (AvgIpc) is 2.70. The van der Waals surface area contributed by atoms with Gasteiger partial charge in [-0.05, 0) is 37.0 Å². The summed E-state index contributed by atoms with van der Waals surface area (Å²) in [6.45, 7) is 4.21. The van der Waals surface area contributed by atoms with Gasteiger partial charge in [0.05, 0.1) is 0 Å². The van der Waals surface area contributed by atoms with Gasteiger partial charge in [-0.15, -0.1) is 0 Å². The highest BCUT2D eigenvalue weighted by molar-refractivity contribution is 5.79. The molecule has 3 rings (SSSR count). The fraction of sp³-hybridized carbons (Fsp3) is 0.619. The smallest absolute Gasteiger partial charge is 0.317 e. The maximum atomic E-state index is 13.0. The zero-order chi connectivity index (χ0) is 19.2. The quantitative estimate of drug-likeness (QED) is 0.879. The van der Waals surface area contributed by atoms with Gasteiger partial charge in [0.15, 0.2) is 0 Å². The van der Waals surface area contributed by atoms with E-state index in [9.17, 15) is 14.0 Å². The zero-order valence-corrected chi connectivity index (χ0v) is 16.1. The molecule has 27 heavy (non-hydrogen) atoms.